The van der Waals surface area contributed by atoms with Gasteiger partial charge in [0.25, 0.3) is 0 Å². The zero-order valence-electron chi connectivity index (χ0n) is 5.35. The van der Waals surface area contributed by atoms with E-state index in [1.54, 1.807) is 0 Å². The van der Waals surface area contributed by atoms with Crippen LogP contribution >= 0.6 is 27.6 Å². The summed E-state index contributed by atoms with van der Waals surface area (Å²) >= 11 is -1.79. The third kappa shape index (κ3) is 43.0. The summed E-state index contributed by atoms with van der Waals surface area (Å²) in [5.41, 5.74) is 0. The summed E-state index contributed by atoms with van der Waals surface area (Å²) in [4.78, 5) is 0. The van der Waals surface area contributed by atoms with Crippen molar-refractivity contribution >= 4 is 27.6 Å². The van der Waals surface area contributed by atoms with Gasteiger partial charge in [-0.15, -0.1) is 0 Å². The first-order chi connectivity index (χ1) is 4.15. The fourth-order valence-electron chi connectivity index (χ4n) is 0.250. The second kappa shape index (κ2) is 12.3. The van der Waals surface area contributed by atoms with Crippen molar-refractivity contribution in [3.8, 4) is 0 Å². The van der Waals surface area contributed by atoms with Crippen LogP contribution in [0.1, 0.15) is 13.8 Å². The molecular weight excluding hydrogens is 365 g/mol. The first-order valence-corrected chi connectivity index (χ1v) is 10.5. The molecule has 0 rings (SSSR count). The van der Waals surface area contributed by atoms with Gasteiger partial charge in [0.2, 0.25) is 0 Å². The van der Waals surface area contributed by atoms with E-state index in [-0.39, 0.29) is 0 Å². The Labute approximate surface area is 74.6 Å². The molecule has 0 aliphatic heterocycles. The van der Waals surface area contributed by atoms with E-state index in [0.29, 0.717) is 0 Å². The Morgan fingerprint density at radius 2 is 1.33 bits per heavy atom. The van der Waals surface area contributed by atoms with E-state index in [1.807, 2.05) is 0 Å². The maximum atomic E-state index is 4.95. The van der Waals surface area contributed by atoms with Gasteiger partial charge in [0, 0.05) is 0 Å². The molecule has 0 radical (unpaired) electrons. The molecule has 0 aromatic rings. The Balaban J connectivity index is 0. The van der Waals surface area contributed by atoms with E-state index < -0.39 is 15.2 Å². The molecule has 5 heteroatoms. The first-order valence-electron chi connectivity index (χ1n) is 2.46. The van der Waals surface area contributed by atoms with Crippen molar-refractivity contribution in [1.29, 1.82) is 0 Å². The Bertz CT molecular complexity index is 40.0. The van der Waals surface area contributed by atoms with E-state index in [9.17, 15) is 0 Å². The Morgan fingerprint density at radius 1 is 1.11 bits per heavy atom. The summed E-state index contributed by atoms with van der Waals surface area (Å²) in [5, 5.41) is 3.11. The van der Waals surface area contributed by atoms with E-state index >= 15 is 0 Å². The van der Waals surface area contributed by atoms with Crippen LogP contribution in [0.2, 0.25) is 0 Å². The number of nitrogens with one attached hydrogen (secondary N) is 1. The standard InChI is InChI=1S/C4H11N.Au.3ClH/c1-3-5-4-2;;;;/h5H,3-4H2,1-2H3;;3*1H/q;+3;;;/p-3. The van der Waals surface area contributed by atoms with Crippen molar-refractivity contribution in [3.05, 3.63) is 0 Å². The molecule has 0 aromatic carbocycles. The minimum absolute atomic E-state index is 1.09. The molecular formula is C4H11AuCl3N. The molecule has 0 aliphatic rings. The molecule has 1 nitrogen and oxygen atoms in total. The van der Waals surface area contributed by atoms with Crippen LogP contribution < -0.4 is 5.32 Å². The van der Waals surface area contributed by atoms with Crippen molar-refractivity contribution in [3.63, 3.8) is 0 Å². The SMILES string of the molecule is CCNCC.[Cl][Au]([Cl])[Cl]. The van der Waals surface area contributed by atoms with Crippen LogP contribution in [0.5, 0.6) is 0 Å². The van der Waals surface area contributed by atoms with Crippen LogP contribution in [0.4, 0.5) is 0 Å². The zero-order chi connectivity index (χ0) is 7.70. The summed E-state index contributed by atoms with van der Waals surface area (Å²) in [6.07, 6.45) is 0. The number of hydrogen-bond donors (Lipinski definition) is 1. The first kappa shape index (κ1) is 13.2. The Kier molecular flexibility index (Phi) is 18.0. The monoisotopic (exact) mass is 375 g/mol. The Morgan fingerprint density at radius 3 is 1.33 bits per heavy atom. The Hall–Kier alpha value is 1.57. The normalized spacial score (nSPS) is 9.67. The van der Waals surface area contributed by atoms with Gasteiger partial charge in [-0.2, -0.15) is 0 Å². The van der Waals surface area contributed by atoms with Crippen LogP contribution in [-0.2, 0) is 15.2 Å². The van der Waals surface area contributed by atoms with Crippen LogP contribution in [0.3, 0.4) is 0 Å². The molecule has 0 aliphatic carbocycles. The minimum atomic E-state index is -1.79. The number of hydrogen-bond acceptors (Lipinski definition) is 1. The summed E-state index contributed by atoms with van der Waals surface area (Å²) in [7, 11) is 14.9. The van der Waals surface area contributed by atoms with E-state index in [2.05, 4.69) is 19.2 Å². The van der Waals surface area contributed by atoms with Gasteiger partial charge in [-0.25, -0.2) is 0 Å². The van der Waals surface area contributed by atoms with Crippen molar-refractivity contribution in [1.82, 2.24) is 5.32 Å². The zero-order valence-corrected chi connectivity index (χ0v) is 9.78. The van der Waals surface area contributed by atoms with Gasteiger partial charge in [-0.3, -0.25) is 0 Å². The second-order valence-electron chi connectivity index (χ2n) is 1.09. The molecule has 0 saturated heterocycles. The van der Waals surface area contributed by atoms with Crippen LogP contribution in [0.25, 0.3) is 0 Å². The predicted molar refractivity (Wildman–Crippen MR) is 41.8 cm³/mol. The van der Waals surface area contributed by atoms with Crippen molar-refractivity contribution in [2.75, 3.05) is 13.1 Å². The van der Waals surface area contributed by atoms with E-state index in [4.69, 9.17) is 27.6 Å². The number of rotatable bonds is 2. The molecule has 0 atom stereocenters. The quantitative estimate of drug-likeness (QED) is 0.731. The average molecular weight is 376 g/mol. The van der Waals surface area contributed by atoms with Crippen molar-refractivity contribution in [2.45, 2.75) is 13.8 Å². The average Bonchev–Trinajstić information content (AvgIpc) is 1.66. The van der Waals surface area contributed by atoms with Gasteiger partial charge in [0.1, 0.15) is 0 Å². The van der Waals surface area contributed by atoms with Crippen molar-refractivity contribution in [2.24, 2.45) is 0 Å². The fraction of sp³-hybridized carbons (Fsp3) is 1.00. The second-order valence-corrected chi connectivity index (χ2v) is 10.5. The van der Waals surface area contributed by atoms with Gasteiger partial charge in [-0.05, 0) is 13.1 Å². The van der Waals surface area contributed by atoms with Gasteiger partial charge in [-0.1, -0.05) is 13.8 Å². The molecule has 9 heavy (non-hydrogen) atoms. The van der Waals surface area contributed by atoms with Gasteiger partial charge < -0.3 is 5.32 Å². The molecule has 64 valence electrons. The summed E-state index contributed by atoms with van der Waals surface area (Å²) in [6, 6.07) is 0. The van der Waals surface area contributed by atoms with Gasteiger partial charge in [0.05, 0.1) is 0 Å². The van der Waals surface area contributed by atoms with Crippen molar-refractivity contribution < 1.29 is 15.2 Å². The molecule has 0 bridgehead atoms. The summed E-state index contributed by atoms with van der Waals surface area (Å²) in [6.45, 7) is 6.39. The maximum absolute atomic E-state index is 4.95. The van der Waals surface area contributed by atoms with E-state index in [1.165, 1.54) is 0 Å². The van der Waals surface area contributed by atoms with E-state index in [0.717, 1.165) is 13.1 Å². The van der Waals surface area contributed by atoms with Gasteiger partial charge >= 0.3 is 42.8 Å². The fourth-order valence-corrected chi connectivity index (χ4v) is 0.250. The summed E-state index contributed by atoms with van der Waals surface area (Å²) < 4.78 is 0. The molecule has 0 unspecified atom stereocenters. The topological polar surface area (TPSA) is 12.0 Å². The molecule has 0 fully saturated rings. The molecule has 0 saturated carbocycles. The summed E-state index contributed by atoms with van der Waals surface area (Å²) in [5.74, 6) is 0. The van der Waals surface area contributed by atoms with Gasteiger partial charge in [0.15, 0.2) is 0 Å². The third-order valence-corrected chi connectivity index (χ3v) is 0.500. The van der Waals surface area contributed by atoms with Crippen LogP contribution in [-0.4, -0.2) is 13.1 Å². The van der Waals surface area contributed by atoms with Crippen LogP contribution in [0, 0.1) is 0 Å². The third-order valence-electron chi connectivity index (χ3n) is 0.500. The predicted octanol–water partition coefficient (Wildman–Crippen LogP) is 2.68. The molecule has 0 spiro atoms. The molecule has 0 aromatic heterocycles. The molecule has 0 amide bonds. The number of halogens is 3. The van der Waals surface area contributed by atoms with Crippen LogP contribution in [0.15, 0.2) is 0 Å². The molecule has 1 N–H and O–H groups in total. The molecule has 0 heterocycles.